The Morgan fingerprint density at radius 1 is 1.15 bits per heavy atom. The van der Waals surface area contributed by atoms with Crippen molar-refractivity contribution >= 4 is 33.0 Å². The average molecular weight is 409 g/mol. The summed E-state index contributed by atoms with van der Waals surface area (Å²) in [6.45, 7) is 5.31. The van der Waals surface area contributed by atoms with Crippen LogP contribution in [0.5, 0.6) is 5.75 Å². The maximum atomic E-state index is 11.3. The molecule has 0 radical (unpaired) electrons. The Morgan fingerprint density at radius 2 is 1.81 bits per heavy atom. The minimum absolute atomic E-state index is 0.157. The number of hydrogen-bond donors (Lipinski definition) is 2. The Kier molecular flexibility index (Phi) is 5.32. The second kappa shape index (κ2) is 7.24. The first-order valence-corrected chi connectivity index (χ1v) is 11.0. The van der Waals surface area contributed by atoms with Crippen LogP contribution in [0.15, 0.2) is 42.5 Å². The van der Waals surface area contributed by atoms with Gasteiger partial charge in [-0.15, -0.1) is 0 Å². The summed E-state index contributed by atoms with van der Waals surface area (Å²) in [4.78, 5) is 0. The summed E-state index contributed by atoms with van der Waals surface area (Å²) in [5.41, 5.74) is 2.84. The first kappa shape index (κ1) is 19.8. The zero-order chi connectivity index (χ0) is 19.8. The van der Waals surface area contributed by atoms with E-state index in [-0.39, 0.29) is 5.41 Å². The summed E-state index contributed by atoms with van der Waals surface area (Å²) in [5.74, 6) is 1.63. The molecule has 3 rings (SSSR count). The third-order valence-corrected chi connectivity index (χ3v) is 6.14. The maximum Gasteiger partial charge on any atom is 0.229 e. The van der Waals surface area contributed by atoms with Crippen LogP contribution >= 0.6 is 11.6 Å². The van der Waals surface area contributed by atoms with Crippen molar-refractivity contribution in [1.29, 1.82) is 0 Å². The number of rotatable bonds is 7. The summed E-state index contributed by atoms with van der Waals surface area (Å²) in [7, 11) is -1.62. The van der Waals surface area contributed by atoms with Crippen LogP contribution < -0.4 is 14.8 Å². The Hall–Kier alpha value is -1.92. The number of halogens is 1. The zero-order valence-electron chi connectivity index (χ0n) is 15.9. The van der Waals surface area contributed by atoms with E-state index in [1.54, 1.807) is 7.11 Å². The molecule has 7 heteroatoms. The summed E-state index contributed by atoms with van der Waals surface area (Å²) in [6, 6.07) is 13.2. The van der Waals surface area contributed by atoms with E-state index in [1.165, 1.54) is 5.56 Å². The molecule has 0 heterocycles. The van der Waals surface area contributed by atoms with Gasteiger partial charge in [-0.05, 0) is 53.1 Å². The Balaban J connectivity index is 1.69. The van der Waals surface area contributed by atoms with E-state index in [1.807, 2.05) is 42.5 Å². The van der Waals surface area contributed by atoms with E-state index in [9.17, 15) is 8.42 Å². The molecule has 2 unspecified atom stereocenters. The molecule has 1 aliphatic carbocycles. The molecule has 0 saturated heterocycles. The zero-order valence-corrected chi connectivity index (χ0v) is 17.5. The van der Waals surface area contributed by atoms with E-state index in [0.29, 0.717) is 22.5 Å². The predicted octanol–water partition coefficient (Wildman–Crippen LogP) is 4.57. The molecule has 27 heavy (non-hydrogen) atoms. The maximum absolute atomic E-state index is 11.3. The minimum atomic E-state index is -3.26. The van der Waals surface area contributed by atoms with Gasteiger partial charge < -0.3 is 10.1 Å². The molecular formula is C20H25ClN2O3S. The second-order valence-electron chi connectivity index (χ2n) is 7.63. The van der Waals surface area contributed by atoms with Crippen LogP contribution in [0.25, 0.3) is 0 Å². The molecule has 0 spiro atoms. The summed E-state index contributed by atoms with van der Waals surface area (Å²) >= 11 is 6.10. The molecule has 1 saturated carbocycles. The van der Waals surface area contributed by atoms with E-state index in [2.05, 4.69) is 23.9 Å². The van der Waals surface area contributed by atoms with Crippen molar-refractivity contribution in [3.8, 4) is 5.75 Å². The Morgan fingerprint density at radius 3 is 2.41 bits per heavy atom. The third kappa shape index (κ3) is 4.50. The highest BCUT2D eigenvalue weighted by atomic mass is 35.5. The first-order chi connectivity index (χ1) is 12.6. The van der Waals surface area contributed by atoms with Crippen LogP contribution in [0.2, 0.25) is 5.02 Å². The number of anilines is 2. The largest absolute Gasteiger partial charge is 0.495 e. The van der Waals surface area contributed by atoms with E-state index >= 15 is 0 Å². The molecule has 5 nitrogen and oxygen atoms in total. The minimum Gasteiger partial charge on any atom is -0.495 e. The standard InChI is InChI=1S/C20H25ClN2O3S/c1-20(2)16(12-22-17-11-14(21)7-10-18(17)26-3)19(20)13-5-8-15(9-6-13)23-27(4,24)25/h5-11,16,19,22-23H,12H2,1-4H3. The summed E-state index contributed by atoms with van der Waals surface area (Å²) < 4.78 is 30.6. The third-order valence-electron chi connectivity index (χ3n) is 5.30. The number of sulfonamides is 1. The van der Waals surface area contributed by atoms with Gasteiger partial charge in [-0.25, -0.2) is 8.42 Å². The van der Waals surface area contributed by atoms with Crippen molar-refractivity contribution < 1.29 is 13.2 Å². The molecule has 0 bridgehead atoms. The van der Waals surface area contributed by atoms with Crippen LogP contribution in [0.3, 0.4) is 0 Å². The SMILES string of the molecule is COc1ccc(Cl)cc1NCC1C(c2ccc(NS(C)(=O)=O)cc2)C1(C)C. The Labute approximate surface area is 166 Å². The molecule has 2 aromatic rings. The van der Waals surface area contributed by atoms with Crippen LogP contribution in [0.4, 0.5) is 11.4 Å². The van der Waals surface area contributed by atoms with Crippen molar-refractivity contribution in [2.24, 2.45) is 11.3 Å². The molecule has 2 aromatic carbocycles. The van der Waals surface area contributed by atoms with Crippen LogP contribution in [0.1, 0.15) is 25.3 Å². The highest BCUT2D eigenvalue weighted by molar-refractivity contribution is 7.92. The molecular weight excluding hydrogens is 384 g/mol. The number of ether oxygens (including phenoxy) is 1. The lowest BCUT2D eigenvalue weighted by Gasteiger charge is -2.12. The monoisotopic (exact) mass is 408 g/mol. The van der Waals surface area contributed by atoms with Crippen molar-refractivity contribution in [1.82, 2.24) is 0 Å². The normalized spacial score (nSPS) is 20.8. The molecule has 2 N–H and O–H groups in total. The van der Waals surface area contributed by atoms with Gasteiger partial charge in [0.15, 0.2) is 0 Å². The number of benzene rings is 2. The number of methoxy groups -OCH3 is 1. The van der Waals surface area contributed by atoms with Gasteiger partial charge in [0.2, 0.25) is 10.0 Å². The highest BCUT2D eigenvalue weighted by Gasteiger charge is 2.57. The fourth-order valence-electron chi connectivity index (χ4n) is 3.80. The van der Waals surface area contributed by atoms with Gasteiger partial charge >= 0.3 is 0 Å². The predicted molar refractivity (Wildman–Crippen MR) is 111 cm³/mol. The van der Waals surface area contributed by atoms with Crippen molar-refractivity contribution in [2.75, 3.05) is 29.9 Å². The number of hydrogen-bond acceptors (Lipinski definition) is 4. The van der Waals surface area contributed by atoms with Crippen molar-refractivity contribution in [3.05, 3.63) is 53.1 Å². The van der Waals surface area contributed by atoms with Crippen molar-refractivity contribution in [2.45, 2.75) is 19.8 Å². The van der Waals surface area contributed by atoms with Crippen LogP contribution in [0, 0.1) is 11.3 Å². The fraction of sp³-hybridized carbons (Fsp3) is 0.400. The second-order valence-corrected chi connectivity index (χ2v) is 9.81. The van der Waals surface area contributed by atoms with Gasteiger partial charge in [0.05, 0.1) is 19.1 Å². The molecule has 2 atom stereocenters. The lowest BCUT2D eigenvalue weighted by Crippen LogP contribution is -2.09. The fourth-order valence-corrected chi connectivity index (χ4v) is 4.53. The first-order valence-electron chi connectivity index (χ1n) is 8.77. The van der Waals surface area contributed by atoms with Crippen LogP contribution in [-0.4, -0.2) is 28.3 Å². The molecule has 0 amide bonds. The Bertz CT molecular complexity index is 927. The van der Waals surface area contributed by atoms with Gasteiger partial charge in [0, 0.05) is 17.3 Å². The average Bonchev–Trinajstić information content (AvgIpc) is 3.13. The lowest BCUT2D eigenvalue weighted by atomic mass is 10.0. The molecule has 1 fully saturated rings. The van der Waals surface area contributed by atoms with Crippen molar-refractivity contribution in [3.63, 3.8) is 0 Å². The van der Waals surface area contributed by atoms with Gasteiger partial charge in [-0.1, -0.05) is 37.6 Å². The lowest BCUT2D eigenvalue weighted by molar-refractivity contribution is 0.416. The smallest absolute Gasteiger partial charge is 0.229 e. The summed E-state index contributed by atoms with van der Waals surface area (Å²) in [5, 5.41) is 4.13. The van der Waals surface area contributed by atoms with E-state index in [0.717, 1.165) is 24.2 Å². The number of nitrogens with one attached hydrogen (secondary N) is 2. The van der Waals surface area contributed by atoms with E-state index in [4.69, 9.17) is 16.3 Å². The van der Waals surface area contributed by atoms with Gasteiger partial charge in [0.1, 0.15) is 5.75 Å². The highest BCUT2D eigenvalue weighted by Crippen LogP contribution is 2.64. The quantitative estimate of drug-likeness (QED) is 0.704. The van der Waals surface area contributed by atoms with Gasteiger partial charge in [-0.2, -0.15) is 0 Å². The molecule has 0 aromatic heterocycles. The van der Waals surface area contributed by atoms with Gasteiger partial charge in [0.25, 0.3) is 0 Å². The molecule has 146 valence electrons. The molecule has 1 aliphatic rings. The van der Waals surface area contributed by atoms with Crippen LogP contribution in [-0.2, 0) is 10.0 Å². The summed E-state index contributed by atoms with van der Waals surface area (Å²) in [6.07, 6.45) is 1.15. The topological polar surface area (TPSA) is 67.4 Å². The van der Waals surface area contributed by atoms with Gasteiger partial charge in [-0.3, -0.25) is 4.72 Å². The molecule has 0 aliphatic heterocycles. The van der Waals surface area contributed by atoms with E-state index < -0.39 is 10.0 Å².